The summed E-state index contributed by atoms with van der Waals surface area (Å²) in [5, 5.41) is 2.82. The Morgan fingerprint density at radius 2 is 1.61 bits per heavy atom. The number of amides is 4. The molecule has 0 spiro atoms. The van der Waals surface area contributed by atoms with Crippen molar-refractivity contribution in [1.29, 1.82) is 0 Å². The lowest BCUT2D eigenvalue weighted by Crippen LogP contribution is -2.40. The molecule has 1 aliphatic heterocycles. The number of imide groups is 1. The second-order valence-electron chi connectivity index (χ2n) is 8.33. The van der Waals surface area contributed by atoms with Gasteiger partial charge in [0.25, 0.3) is 5.91 Å². The van der Waals surface area contributed by atoms with Gasteiger partial charge >= 0.3 is 6.03 Å². The monoisotopic (exact) mass is 379 g/mol. The maximum Gasteiger partial charge on any atom is 0.325 e. The van der Waals surface area contributed by atoms with Crippen molar-refractivity contribution in [2.24, 2.45) is 5.73 Å². The second-order valence-corrected chi connectivity index (χ2v) is 8.33. The summed E-state index contributed by atoms with van der Waals surface area (Å²) in [5.74, 6) is -0.826. The fourth-order valence-corrected chi connectivity index (χ4v) is 3.30. The number of nitrogens with zero attached hydrogens (tertiary/aromatic N) is 1. The maximum absolute atomic E-state index is 13.1. The van der Waals surface area contributed by atoms with Gasteiger partial charge in [0.2, 0.25) is 5.91 Å². The number of nitrogens with two attached hydrogens (primary N) is 1. The van der Waals surface area contributed by atoms with Gasteiger partial charge in [-0.05, 0) is 41.2 Å². The first kappa shape index (κ1) is 19.6. The van der Waals surface area contributed by atoms with Gasteiger partial charge < -0.3 is 11.1 Å². The molecule has 1 saturated heterocycles. The van der Waals surface area contributed by atoms with Crippen LogP contribution >= 0.6 is 0 Å². The van der Waals surface area contributed by atoms with Crippen LogP contribution in [0.25, 0.3) is 0 Å². The van der Waals surface area contributed by atoms with E-state index >= 15 is 0 Å². The number of carbonyl (C=O) groups is 3. The van der Waals surface area contributed by atoms with Gasteiger partial charge in [0.05, 0.1) is 6.54 Å². The molecule has 0 radical (unpaired) electrons. The number of carbonyl (C=O) groups excluding carboxylic acids is 3. The zero-order chi connectivity index (χ0) is 20.7. The van der Waals surface area contributed by atoms with E-state index in [4.69, 9.17) is 5.73 Å². The quantitative estimate of drug-likeness (QED) is 0.800. The highest BCUT2D eigenvalue weighted by Gasteiger charge is 2.48. The lowest BCUT2D eigenvalue weighted by molar-refractivity contribution is -0.131. The van der Waals surface area contributed by atoms with Crippen LogP contribution in [0.1, 0.15) is 54.7 Å². The molecule has 2 aromatic rings. The van der Waals surface area contributed by atoms with Crippen LogP contribution < -0.4 is 11.1 Å². The molecular weight excluding hydrogens is 354 g/mol. The minimum atomic E-state index is -1.11. The van der Waals surface area contributed by atoms with E-state index in [1.807, 2.05) is 24.3 Å². The highest BCUT2D eigenvalue weighted by atomic mass is 16.2. The first-order valence-electron chi connectivity index (χ1n) is 9.16. The van der Waals surface area contributed by atoms with E-state index in [0.29, 0.717) is 5.56 Å². The highest BCUT2D eigenvalue weighted by Crippen LogP contribution is 2.31. The first-order chi connectivity index (χ1) is 13.0. The van der Waals surface area contributed by atoms with Crippen molar-refractivity contribution in [2.45, 2.75) is 45.2 Å². The smallest absolute Gasteiger partial charge is 0.325 e. The van der Waals surface area contributed by atoms with E-state index in [2.05, 4.69) is 26.1 Å². The molecule has 0 aliphatic carbocycles. The van der Waals surface area contributed by atoms with E-state index in [1.165, 1.54) is 4.90 Å². The molecule has 1 unspecified atom stereocenters. The van der Waals surface area contributed by atoms with E-state index in [-0.39, 0.29) is 17.9 Å². The molecule has 4 amide bonds. The Morgan fingerprint density at radius 1 is 1.04 bits per heavy atom. The summed E-state index contributed by atoms with van der Waals surface area (Å²) in [6, 6.07) is 13.9. The standard InChI is InChI=1S/C22H25N3O3/c1-21(2,3)16-9-11-17(12-10-16)22(4)19(27)25(20(28)24-22)13-14-5-7-15(8-6-14)18(23)26/h5-12H,13H2,1-4H3,(H2,23,26)(H,24,28). The van der Waals surface area contributed by atoms with E-state index in [0.717, 1.165) is 16.7 Å². The number of rotatable bonds is 4. The Hall–Kier alpha value is -3.15. The van der Waals surface area contributed by atoms with Gasteiger partial charge in [-0.15, -0.1) is 0 Å². The molecule has 3 N–H and O–H groups in total. The van der Waals surface area contributed by atoms with Crippen LogP contribution in [0.2, 0.25) is 0 Å². The molecule has 28 heavy (non-hydrogen) atoms. The van der Waals surface area contributed by atoms with Crippen LogP contribution in [0.5, 0.6) is 0 Å². The summed E-state index contributed by atoms with van der Waals surface area (Å²) in [4.78, 5) is 37.9. The minimum absolute atomic E-state index is 0.00543. The minimum Gasteiger partial charge on any atom is -0.366 e. The van der Waals surface area contributed by atoms with Crippen LogP contribution in [0, 0.1) is 0 Å². The van der Waals surface area contributed by atoms with E-state index in [9.17, 15) is 14.4 Å². The Balaban J connectivity index is 1.83. The van der Waals surface area contributed by atoms with Crippen molar-refractivity contribution in [3.05, 3.63) is 70.8 Å². The molecule has 1 fully saturated rings. The number of primary amides is 1. The van der Waals surface area contributed by atoms with Crippen molar-refractivity contribution < 1.29 is 14.4 Å². The molecule has 0 bridgehead atoms. The number of benzene rings is 2. The summed E-state index contributed by atoms with van der Waals surface area (Å²) in [7, 11) is 0. The summed E-state index contributed by atoms with van der Waals surface area (Å²) >= 11 is 0. The van der Waals surface area contributed by atoms with Crippen molar-refractivity contribution >= 4 is 17.8 Å². The average Bonchev–Trinajstić information content (AvgIpc) is 2.86. The van der Waals surface area contributed by atoms with Crippen molar-refractivity contribution in [3.63, 3.8) is 0 Å². The van der Waals surface area contributed by atoms with Gasteiger partial charge in [-0.25, -0.2) is 4.79 Å². The second kappa shape index (κ2) is 6.78. The van der Waals surface area contributed by atoms with Gasteiger partial charge in [0, 0.05) is 5.56 Å². The zero-order valence-corrected chi connectivity index (χ0v) is 16.6. The van der Waals surface area contributed by atoms with Crippen LogP contribution in [-0.2, 0) is 22.3 Å². The molecule has 6 heteroatoms. The molecule has 0 aromatic heterocycles. The molecule has 1 atom stereocenters. The number of hydrogen-bond acceptors (Lipinski definition) is 3. The van der Waals surface area contributed by atoms with Crippen molar-refractivity contribution in [1.82, 2.24) is 10.2 Å². The Morgan fingerprint density at radius 3 is 2.11 bits per heavy atom. The third-order valence-corrected chi connectivity index (χ3v) is 5.18. The van der Waals surface area contributed by atoms with E-state index < -0.39 is 17.5 Å². The SMILES string of the molecule is CC(C)(C)c1ccc(C2(C)NC(=O)N(Cc3ccc(C(N)=O)cc3)C2=O)cc1. The first-order valence-corrected chi connectivity index (χ1v) is 9.16. The number of urea groups is 1. The van der Waals surface area contributed by atoms with Crippen LogP contribution in [0.4, 0.5) is 4.79 Å². The largest absolute Gasteiger partial charge is 0.366 e. The highest BCUT2D eigenvalue weighted by molar-refractivity contribution is 6.07. The maximum atomic E-state index is 13.1. The van der Waals surface area contributed by atoms with Gasteiger partial charge in [0.15, 0.2) is 0 Å². The van der Waals surface area contributed by atoms with Gasteiger partial charge in [-0.2, -0.15) is 0 Å². The molecule has 1 heterocycles. The molecular formula is C22H25N3O3. The molecule has 6 nitrogen and oxygen atoms in total. The molecule has 146 valence electrons. The predicted molar refractivity (Wildman–Crippen MR) is 107 cm³/mol. The van der Waals surface area contributed by atoms with Crippen molar-refractivity contribution in [2.75, 3.05) is 0 Å². The fraction of sp³-hybridized carbons (Fsp3) is 0.318. The summed E-state index contributed by atoms with van der Waals surface area (Å²) < 4.78 is 0. The lowest BCUT2D eigenvalue weighted by atomic mass is 9.84. The van der Waals surface area contributed by atoms with Crippen LogP contribution in [-0.4, -0.2) is 22.7 Å². The molecule has 1 aliphatic rings. The van der Waals surface area contributed by atoms with Gasteiger partial charge in [0.1, 0.15) is 5.54 Å². The molecule has 2 aromatic carbocycles. The third kappa shape index (κ3) is 3.50. The normalized spacial score (nSPS) is 19.6. The Kier molecular flexibility index (Phi) is 4.75. The van der Waals surface area contributed by atoms with Gasteiger partial charge in [-0.1, -0.05) is 57.2 Å². The predicted octanol–water partition coefficient (Wildman–Crippen LogP) is 3.05. The molecule has 0 saturated carbocycles. The number of nitrogens with one attached hydrogen (secondary N) is 1. The summed E-state index contributed by atoms with van der Waals surface area (Å²) in [6.45, 7) is 8.21. The third-order valence-electron chi connectivity index (χ3n) is 5.18. The number of hydrogen-bond donors (Lipinski definition) is 2. The fourth-order valence-electron chi connectivity index (χ4n) is 3.30. The van der Waals surface area contributed by atoms with E-state index in [1.54, 1.807) is 31.2 Å². The van der Waals surface area contributed by atoms with Crippen LogP contribution in [0.3, 0.4) is 0 Å². The van der Waals surface area contributed by atoms with Gasteiger partial charge in [-0.3, -0.25) is 14.5 Å². The zero-order valence-electron chi connectivity index (χ0n) is 16.6. The Bertz CT molecular complexity index is 927. The molecule has 3 rings (SSSR count). The van der Waals surface area contributed by atoms with Crippen LogP contribution in [0.15, 0.2) is 48.5 Å². The summed E-state index contributed by atoms with van der Waals surface area (Å²) in [6.07, 6.45) is 0. The van der Waals surface area contributed by atoms with Crippen molar-refractivity contribution in [3.8, 4) is 0 Å². The Labute approximate surface area is 164 Å². The topological polar surface area (TPSA) is 92.5 Å². The lowest BCUT2D eigenvalue weighted by Gasteiger charge is -2.24. The summed E-state index contributed by atoms with van der Waals surface area (Å²) in [5.41, 5.74) is 7.15. The average molecular weight is 379 g/mol.